The summed E-state index contributed by atoms with van der Waals surface area (Å²) >= 11 is 0. The van der Waals surface area contributed by atoms with Gasteiger partial charge >= 0.3 is 5.97 Å². The Morgan fingerprint density at radius 3 is 2.77 bits per heavy atom. The maximum atomic E-state index is 11.9. The van der Waals surface area contributed by atoms with Gasteiger partial charge in [-0.05, 0) is 37.9 Å². The number of aryl methyl sites for hydroxylation is 1. The third-order valence-electron chi connectivity index (χ3n) is 4.07. The van der Waals surface area contributed by atoms with E-state index in [1.807, 2.05) is 30.0 Å². The van der Waals surface area contributed by atoms with E-state index in [4.69, 9.17) is 5.11 Å². The smallest absolute Gasteiger partial charge is 0.317 e. The lowest BCUT2D eigenvalue weighted by Crippen LogP contribution is -2.54. The van der Waals surface area contributed by atoms with Crippen LogP contribution < -0.4 is 5.32 Å². The van der Waals surface area contributed by atoms with Crippen molar-refractivity contribution in [3.63, 3.8) is 0 Å². The zero-order chi connectivity index (χ0) is 15.9. The molecule has 0 saturated heterocycles. The molecule has 0 atom stereocenters. The number of carboxylic acid groups (broad SMARTS) is 1. The minimum atomic E-state index is -0.801. The van der Waals surface area contributed by atoms with Gasteiger partial charge in [-0.15, -0.1) is 0 Å². The molecule has 1 aromatic heterocycles. The predicted octanol–water partition coefficient (Wildman–Crippen LogP) is 1.07. The quantitative estimate of drug-likeness (QED) is 0.750. The zero-order valence-corrected chi connectivity index (χ0v) is 12.9. The molecular weight excluding hydrogens is 282 g/mol. The van der Waals surface area contributed by atoms with Crippen LogP contribution in [-0.4, -0.2) is 52.0 Å². The standard InChI is InChI=1S/C16H23N3O3/c1-2-19(11-16(21)22)14-9-13(10-14)18-15(20)7-6-12-5-3-4-8-17-12/h3-5,8,13-14H,2,6-7,9-11H2,1H3,(H,18,20)(H,21,22). The Morgan fingerprint density at radius 2 is 2.18 bits per heavy atom. The fourth-order valence-electron chi connectivity index (χ4n) is 2.76. The lowest BCUT2D eigenvalue weighted by atomic mass is 9.85. The molecule has 1 saturated carbocycles. The average Bonchev–Trinajstić information content (AvgIpc) is 2.47. The third kappa shape index (κ3) is 4.80. The minimum Gasteiger partial charge on any atom is -0.480 e. The summed E-state index contributed by atoms with van der Waals surface area (Å²) in [5, 5.41) is 11.9. The number of rotatable bonds is 8. The van der Waals surface area contributed by atoms with Crippen LogP contribution >= 0.6 is 0 Å². The van der Waals surface area contributed by atoms with E-state index >= 15 is 0 Å². The number of likely N-dealkylation sites (N-methyl/N-ethyl adjacent to an activating group) is 1. The Hall–Kier alpha value is -1.95. The molecule has 0 radical (unpaired) electrons. The SMILES string of the molecule is CCN(CC(=O)O)C1CC(NC(=O)CCc2ccccn2)C1. The van der Waals surface area contributed by atoms with Crippen molar-refractivity contribution in [2.45, 2.75) is 44.7 Å². The fourth-order valence-corrected chi connectivity index (χ4v) is 2.76. The van der Waals surface area contributed by atoms with Crippen LogP contribution in [0.4, 0.5) is 0 Å². The molecule has 2 rings (SSSR count). The van der Waals surface area contributed by atoms with Crippen LogP contribution in [0.5, 0.6) is 0 Å². The number of aliphatic carboxylic acids is 1. The maximum absolute atomic E-state index is 11.9. The van der Waals surface area contributed by atoms with Gasteiger partial charge in [0.05, 0.1) is 6.54 Å². The van der Waals surface area contributed by atoms with E-state index in [2.05, 4.69) is 10.3 Å². The first kappa shape index (κ1) is 16.4. The summed E-state index contributed by atoms with van der Waals surface area (Å²) in [5.74, 6) is -0.764. The van der Waals surface area contributed by atoms with Gasteiger partial charge < -0.3 is 10.4 Å². The highest BCUT2D eigenvalue weighted by Crippen LogP contribution is 2.25. The average molecular weight is 305 g/mol. The van der Waals surface area contributed by atoms with Crippen molar-refractivity contribution in [2.24, 2.45) is 0 Å². The maximum Gasteiger partial charge on any atom is 0.317 e. The van der Waals surface area contributed by atoms with Gasteiger partial charge in [-0.25, -0.2) is 0 Å². The number of hydrogen-bond acceptors (Lipinski definition) is 4. The van der Waals surface area contributed by atoms with Crippen molar-refractivity contribution >= 4 is 11.9 Å². The highest BCUT2D eigenvalue weighted by molar-refractivity contribution is 5.76. The monoisotopic (exact) mass is 305 g/mol. The number of nitrogens with one attached hydrogen (secondary N) is 1. The van der Waals surface area contributed by atoms with E-state index in [1.165, 1.54) is 0 Å². The molecule has 22 heavy (non-hydrogen) atoms. The zero-order valence-electron chi connectivity index (χ0n) is 12.9. The van der Waals surface area contributed by atoms with E-state index in [9.17, 15) is 9.59 Å². The Bertz CT molecular complexity index is 501. The van der Waals surface area contributed by atoms with E-state index < -0.39 is 5.97 Å². The van der Waals surface area contributed by atoms with Crippen LogP contribution in [0.25, 0.3) is 0 Å². The molecule has 2 N–H and O–H groups in total. The first-order valence-electron chi connectivity index (χ1n) is 7.73. The van der Waals surface area contributed by atoms with Gasteiger partial charge in [0.1, 0.15) is 0 Å². The van der Waals surface area contributed by atoms with Crippen LogP contribution in [-0.2, 0) is 16.0 Å². The van der Waals surface area contributed by atoms with Gasteiger partial charge in [0.15, 0.2) is 0 Å². The second kappa shape index (κ2) is 7.89. The van der Waals surface area contributed by atoms with Gasteiger partial charge in [0.25, 0.3) is 0 Å². The lowest BCUT2D eigenvalue weighted by Gasteiger charge is -2.42. The van der Waals surface area contributed by atoms with E-state index in [0.29, 0.717) is 12.8 Å². The van der Waals surface area contributed by atoms with Crippen LogP contribution in [0, 0.1) is 0 Å². The molecule has 1 aromatic rings. The Labute approximate surface area is 130 Å². The van der Waals surface area contributed by atoms with Crippen LogP contribution in [0.15, 0.2) is 24.4 Å². The van der Waals surface area contributed by atoms with Gasteiger partial charge in [0, 0.05) is 30.4 Å². The number of hydrogen-bond donors (Lipinski definition) is 2. The number of carbonyl (C=O) groups is 2. The normalized spacial score (nSPS) is 20.5. The van der Waals surface area contributed by atoms with E-state index in [-0.39, 0.29) is 24.5 Å². The lowest BCUT2D eigenvalue weighted by molar-refractivity contribution is -0.139. The molecule has 0 spiro atoms. The molecule has 0 aliphatic heterocycles. The molecular formula is C16H23N3O3. The van der Waals surface area contributed by atoms with Crippen molar-refractivity contribution in [3.05, 3.63) is 30.1 Å². The van der Waals surface area contributed by atoms with Crippen LogP contribution in [0.2, 0.25) is 0 Å². The number of carbonyl (C=O) groups excluding carboxylic acids is 1. The number of aromatic nitrogens is 1. The summed E-state index contributed by atoms with van der Waals surface area (Å²) in [6.45, 7) is 2.75. The summed E-state index contributed by atoms with van der Waals surface area (Å²) in [6.07, 6.45) is 4.46. The molecule has 1 amide bonds. The van der Waals surface area contributed by atoms with E-state index in [1.54, 1.807) is 6.20 Å². The van der Waals surface area contributed by atoms with Crippen LogP contribution in [0.3, 0.4) is 0 Å². The highest BCUT2D eigenvalue weighted by Gasteiger charge is 2.34. The number of pyridine rings is 1. The molecule has 0 aromatic carbocycles. The molecule has 120 valence electrons. The Balaban J connectivity index is 1.66. The highest BCUT2D eigenvalue weighted by atomic mass is 16.4. The first-order valence-corrected chi connectivity index (χ1v) is 7.73. The Morgan fingerprint density at radius 1 is 1.41 bits per heavy atom. The molecule has 1 fully saturated rings. The van der Waals surface area contributed by atoms with Gasteiger partial charge in [-0.3, -0.25) is 19.5 Å². The fraction of sp³-hybridized carbons (Fsp3) is 0.562. The van der Waals surface area contributed by atoms with Crippen LogP contribution in [0.1, 0.15) is 31.9 Å². The van der Waals surface area contributed by atoms with Crippen molar-refractivity contribution < 1.29 is 14.7 Å². The van der Waals surface area contributed by atoms with Gasteiger partial charge in [0.2, 0.25) is 5.91 Å². The topological polar surface area (TPSA) is 82.5 Å². The molecule has 6 nitrogen and oxygen atoms in total. The third-order valence-corrected chi connectivity index (χ3v) is 4.07. The van der Waals surface area contributed by atoms with Crippen molar-refractivity contribution in [1.29, 1.82) is 0 Å². The Kier molecular flexibility index (Phi) is 5.89. The molecule has 1 aliphatic carbocycles. The number of carboxylic acids is 1. The summed E-state index contributed by atoms with van der Waals surface area (Å²) in [5.41, 5.74) is 0.919. The largest absolute Gasteiger partial charge is 0.480 e. The minimum absolute atomic E-state index is 0.0374. The first-order chi connectivity index (χ1) is 10.6. The van der Waals surface area contributed by atoms with Gasteiger partial charge in [-0.1, -0.05) is 13.0 Å². The number of amides is 1. The molecule has 0 bridgehead atoms. The van der Waals surface area contributed by atoms with Crippen molar-refractivity contribution in [2.75, 3.05) is 13.1 Å². The second-order valence-electron chi connectivity index (χ2n) is 5.67. The summed E-state index contributed by atoms with van der Waals surface area (Å²) in [6, 6.07) is 6.12. The number of nitrogens with zero attached hydrogens (tertiary/aromatic N) is 2. The molecule has 1 heterocycles. The molecule has 0 unspecified atom stereocenters. The van der Waals surface area contributed by atoms with Crippen molar-refractivity contribution in [1.82, 2.24) is 15.2 Å². The van der Waals surface area contributed by atoms with Crippen molar-refractivity contribution in [3.8, 4) is 0 Å². The second-order valence-corrected chi connectivity index (χ2v) is 5.67. The molecule has 1 aliphatic rings. The summed E-state index contributed by atoms with van der Waals surface area (Å²) in [7, 11) is 0. The van der Waals surface area contributed by atoms with E-state index in [0.717, 1.165) is 25.1 Å². The van der Waals surface area contributed by atoms with Gasteiger partial charge in [-0.2, -0.15) is 0 Å². The predicted molar refractivity (Wildman–Crippen MR) is 82.4 cm³/mol. The molecule has 6 heteroatoms. The summed E-state index contributed by atoms with van der Waals surface area (Å²) < 4.78 is 0. The summed E-state index contributed by atoms with van der Waals surface area (Å²) in [4.78, 5) is 28.8.